The molecule has 3 heterocycles. The van der Waals surface area contributed by atoms with Crippen molar-refractivity contribution in [3.8, 4) is 5.75 Å². The van der Waals surface area contributed by atoms with Crippen molar-refractivity contribution in [3.05, 3.63) is 102 Å². The molecule has 0 saturated carbocycles. The standard InChI is InChI=1S/C25H21N3O2S2/c1-16-5-11-19(12-6-16)32-22-14-13-21(30-22)24-23(20-4-2-3-15-26-20)27-25(31)28(24)17-7-9-18(29)10-8-17/h2-15,23-24,29H,1H3,(H,27,31)/t23-,24-/m0/s1. The maximum Gasteiger partial charge on any atom is 0.174 e. The average molecular weight is 460 g/mol. The third-order valence-electron chi connectivity index (χ3n) is 5.36. The van der Waals surface area contributed by atoms with Crippen LogP contribution in [0.4, 0.5) is 5.69 Å². The lowest BCUT2D eigenvalue weighted by atomic mass is 10.0. The molecule has 0 unspecified atom stereocenters. The molecule has 0 amide bonds. The summed E-state index contributed by atoms with van der Waals surface area (Å²) >= 11 is 7.30. The highest BCUT2D eigenvalue weighted by Gasteiger charge is 2.42. The summed E-state index contributed by atoms with van der Waals surface area (Å²) in [6, 6.07) is 24.8. The topological polar surface area (TPSA) is 61.5 Å². The van der Waals surface area contributed by atoms with Crippen molar-refractivity contribution in [1.29, 1.82) is 0 Å². The highest BCUT2D eigenvalue weighted by molar-refractivity contribution is 7.99. The zero-order valence-corrected chi connectivity index (χ0v) is 18.9. The number of nitrogens with one attached hydrogen (secondary N) is 1. The largest absolute Gasteiger partial charge is 0.508 e. The molecule has 160 valence electrons. The number of aryl methyl sites for hydroxylation is 1. The molecule has 2 aromatic carbocycles. The minimum atomic E-state index is -0.227. The Bertz CT molecular complexity index is 1220. The van der Waals surface area contributed by atoms with Gasteiger partial charge < -0.3 is 19.7 Å². The van der Waals surface area contributed by atoms with E-state index in [0.29, 0.717) is 5.11 Å². The van der Waals surface area contributed by atoms with E-state index in [-0.39, 0.29) is 17.8 Å². The Balaban J connectivity index is 1.52. The molecule has 2 atom stereocenters. The molecule has 2 aromatic heterocycles. The number of nitrogens with zero attached hydrogens (tertiary/aromatic N) is 2. The van der Waals surface area contributed by atoms with Gasteiger partial charge in [-0.3, -0.25) is 4.98 Å². The second-order valence-corrected chi connectivity index (χ2v) is 9.05. The van der Waals surface area contributed by atoms with Crippen molar-refractivity contribution in [2.45, 2.75) is 29.0 Å². The molecule has 0 spiro atoms. The van der Waals surface area contributed by atoms with Crippen molar-refractivity contribution >= 4 is 34.8 Å². The zero-order chi connectivity index (χ0) is 22.1. The quantitative estimate of drug-likeness (QED) is 0.354. The minimum Gasteiger partial charge on any atom is -0.508 e. The molecule has 1 aliphatic rings. The van der Waals surface area contributed by atoms with Gasteiger partial charge in [-0.2, -0.15) is 0 Å². The molecular formula is C25H21N3O2S2. The fraction of sp³-hybridized carbons (Fsp3) is 0.120. The summed E-state index contributed by atoms with van der Waals surface area (Å²) in [5.41, 5.74) is 2.97. The fourth-order valence-electron chi connectivity index (χ4n) is 3.81. The Hall–Kier alpha value is -3.29. The Kier molecular flexibility index (Phi) is 5.59. The zero-order valence-electron chi connectivity index (χ0n) is 17.3. The van der Waals surface area contributed by atoms with Crippen molar-refractivity contribution in [1.82, 2.24) is 10.3 Å². The first-order chi connectivity index (χ1) is 15.6. The van der Waals surface area contributed by atoms with E-state index in [2.05, 4.69) is 41.5 Å². The van der Waals surface area contributed by atoms with Gasteiger partial charge in [0.25, 0.3) is 0 Å². The first-order valence-electron chi connectivity index (χ1n) is 10.2. The van der Waals surface area contributed by atoms with E-state index in [1.165, 1.54) is 5.56 Å². The van der Waals surface area contributed by atoms with Crippen LogP contribution in [0.1, 0.15) is 29.1 Å². The van der Waals surface area contributed by atoms with Gasteiger partial charge in [0, 0.05) is 16.8 Å². The maximum absolute atomic E-state index is 9.74. The number of phenols is 1. The van der Waals surface area contributed by atoms with Crippen LogP contribution in [-0.2, 0) is 0 Å². The molecule has 0 bridgehead atoms. The first-order valence-corrected chi connectivity index (χ1v) is 11.4. The molecular weight excluding hydrogens is 438 g/mol. The van der Waals surface area contributed by atoms with Crippen molar-refractivity contribution in [2.24, 2.45) is 0 Å². The van der Waals surface area contributed by atoms with Crippen LogP contribution in [0.5, 0.6) is 5.75 Å². The van der Waals surface area contributed by atoms with Gasteiger partial charge in [0.15, 0.2) is 10.2 Å². The number of pyridine rings is 1. The number of phenolic OH excluding ortho intramolecular Hbond substituents is 1. The molecule has 7 heteroatoms. The molecule has 1 saturated heterocycles. The van der Waals surface area contributed by atoms with Gasteiger partial charge in [-0.15, -0.1) is 0 Å². The summed E-state index contributed by atoms with van der Waals surface area (Å²) in [7, 11) is 0. The van der Waals surface area contributed by atoms with Crippen LogP contribution in [0.15, 0.2) is 99.5 Å². The van der Waals surface area contributed by atoms with Crippen LogP contribution in [0.2, 0.25) is 0 Å². The van der Waals surface area contributed by atoms with Gasteiger partial charge in [0.2, 0.25) is 0 Å². The van der Waals surface area contributed by atoms with E-state index >= 15 is 0 Å². The molecule has 4 aromatic rings. The Morgan fingerprint density at radius 1 is 1.00 bits per heavy atom. The second-order valence-electron chi connectivity index (χ2n) is 7.58. The number of thiocarbonyl (C=S) groups is 1. The van der Waals surface area contributed by atoms with Crippen molar-refractivity contribution in [2.75, 3.05) is 4.90 Å². The predicted octanol–water partition coefficient (Wildman–Crippen LogP) is 6.02. The highest BCUT2D eigenvalue weighted by Crippen LogP contribution is 2.43. The van der Waals surface area contributed by atoms with E-state index in [4.69, 9.17) is 16.6 Å². The lowest BCUT2D eigenvalue weighted by Crippen LogP contribution is -2.29. The minimum absolute atomic E-state index is 0.180. The van der Waals surface area contributed by atoms with Crippen molar-refractivity contribution in [3.63, 3.8) is 0 Å². The van der Waals surface area contributed by atoms with Crippen LogP contribution in [0, 0.1) is 6.92 Å². The summed E-state index contributed by atoms with van der Waals surface area (Å²) in [5, 5.41) is 14.5. The lowest BCUT2D eigenvalue weighted by molar-refractivity contribution is 0.383. The van der Waals surface area contributed by atoms with Crippen LogP contribution in [0.25, 0.3) is 0 Å². The molecule has 2 N–H and O–H groups in total. The van der Waals surface area contributed by atoms with E-state index in [1.807, 2.05) is 47.4 Å². The van der Waals surface area contributed by atoms with Crippen LogP contribution >= 0.6 is 24.0 Å². The lowest BCUT2D eigenvalue weighted by Gasteiger charge is -2.26. The van der Waals surface area contributed by atoms with Crippen LogP contribution < -0.4 is 10.2 Å². The Morgan fingerprint density at radius 2 is 1.78 bits per heavy atom. The molecule has 1 fully saturated rings. The molecule has 1 aliphatic heterocycles. The summed E-state index contributed by atoms with van der Waals surface area (Å²) in [6.45, 7) is 2.07. The Labute approximate surface area is 196 Å². The highest BCUT2D eigenvalue weighted by atomic mass is 32.2. The van der Waals surface area contributed by atoms with Gasteiger partial charge in [0.1, 0.15) is 17.6 Å². The van der Waals surface area contributed by atoms with Gasteiger partial charge in [0.05, 0.1) is 11.7 Å². The van der Waals surface area contributed by atoms with E-state index in [1.54, 1.807) is 30.1 Å². The van der Waals surface area contributed by atoms with Crippen molar-refractivity contribution < 1.29 is 9.52 Å². The maximum atomic E-state index is 9.74. The first kappa shape index (κ1) is 20.6. The smallest absolute Gasteiger partial charge is 0.174 e. The number of hydrogen-bond acceptors (Lipinski definition) is 5. The third kappa shape index (κ3) is 4.09. The predicted molar refractivity (Wildman–Crippen MR) is 130 cm³/mol. The van der Waals surface area contributed by atoms with Crippen LogP contribution in [0.3, 0.4) is 0 Å². The number of rotatable bonds is 5. The molecule has 5 rings (SSSR count). The summed E-state index contributed by atoms with van der Waals surface area (Å²) < 4.78 is 6.32. The number of anilines is 1. The van der Waals surface area contributed by atoms with E-state index in [0.717, 1.165) is 27.1 Å². The molecule has 5 nitrogen and oxygen atoms in total. The number of aromatic nitrogens is 1. The second kappa shape index (κ2) is 8.68. The van der Waals surface area contributed by atoms with Gasteiger partial charge in [-0.1, -0.05) is 35.5 Å². The average Bonchev–Trinajstić information content (AvgIpc) is 3.40. The molecule has 0 radical (unpaired) electrons. The van der Waals surface area contributed by atoms with Crippen LogP contribution in [-0.4, -0.2) is 15.2 Å². The Morgan fingerprint density at radius 3 is 2.50 bits per heavy atom. The monoisotopic (exact) mass is 459 g/mol. The summed E-state index contributed by atoms with van der Waals surface area (Å²) in [4.78, 5) is 7.70. The normalized spacial score (nSPS) is 18.0. The number of hydrogen-bond donors (Lipinski definition) is 2. The van der Waals surface area contributed by atoms with E-state index in [9.17, 15) is 5.11 Å². The molecule has 0 aliphatic carbocycles. The van der Waals surface area contributed by atoms with Gasteiger partial charge in [-0.05, 0) is 79.8 Å². The van der Waals surface area contributed by atoms with Gasteiger partial charge in [-0.25, -0.2) is 0 Å². The molecule has 32 heavy (non-hydrogen) atoms. The number of benzene rings is 2. The van der Waals surface area contributed by atoms with E-state index < -0.39 is 0 Å². The number of aromatic hydroxyl groups is 1. The fourth-order valence-corrected chi connectivity index (χ4v) is 4.93. The summed E-state index contributed by atoms with van der Waals surface area (Å²) in [6.07, 6.45) is 1.78. The number of furan rings is 1. The third-order valence-corrected chi connectivity index (χ3v) is 6.60. The SMILES string of the molecule is Cc1ccc(Sc2ccc([C@H]3[C@H](c4ccccn4)NC(=S)N3c3ccc(O)cc3)o2)cc1. The summed E-state index contributed by atoms with van der Waals surface area (Å²) in [5.74, 6) is 0.995. The van der Waals surface area contributed by atoms with Gasteiger partial charge >= 0.3 is 0 Å².